The molecule has 0 saturated carbocycles. The van der Waals surface area contributed by atoms with E-state index in [9.17, 15) is 9.59 Å². The number of nitrogens with zero attached hydrogens (tertiary/aromatic N) is 2. The average molecular weight is 340 g/mol. The Labute approximate surface area is 147 Å². The van der Waals surface area contributed by atoms with Crippen LogP contribution in [-0.2, 0) is 9.59 Å². The number of amides is 2. The average Bonchev–Trinajstić information content (AvgIpc) is 2.66. The fraction of sp³-hybridized carbons (Fsp3) is 0.421. The number of hydrogen-bond donors (Lipinski definition) is 2. The van der Waals surface area contributed by atoms with Crippen LogP contribution in [0.3, 0.4) is 0 Å². The molecule has 0 unspecified atom stereocenters. The van der Waals surface area contributed by atoms with Crippen molar-refractivity contribution in [3.63, 3.8) is 0 Å². The van der Waals surface area contributed by atoms with E-state index in [1.807, 2.05) is 24.3 Å². The summed E-state index contributed by atoms with van der Waals surface area (Å²) in [4.78, 5) is 30.8. The van der Waals surface area contributed by atoms with Gasteiger partial charge in [-0.05, 0) is 50.2 Å². The quantitative estimate of drug-likeness (QED) is 0.837. The lowest BCUT2D eigenvalue weighted by molar-refractivity contribution is -0.136. The maximum Gasteiger partial charge on any atom is 0.313 e. The number of likely N-dealkylation sites (tertiary alicyclic amines) is 1. The van der Waals surface area contributed by atoms with Crippen molar-refractivity contribution in [2.24, 2.45) is 0 Å². The second-order valence-electron chi connectivity index (χ2n) is 6.35. The number of rotatable bonds is 4. The number of hydrogen-bond acceptors (Lipinski definition) is 4. The molecule has 2 amide bonds. The predicted molar refractivity (Wildman–Crippen MR) is 98.3 cm³/mol. The van der Waals surface area contributed by atoms with Gasteiger partial charge in [0.2, 0.25) is 0 Å². The number of likely N-dealkylation sites (N-methyl/N-ethyl adjacent to an activating group) is 1. The van der Waals surface area contributed by atoms with Gasteiger partial charge in [-0.15, -0.1) is 0 Å². The van der Waals surface area contributed by atoms with Crippen LogP contribution in [0.25, 0.3) is 10.9 Å². The highest BCUT2D eigenvalue weighted by atomic mass is 16.2. The number of carbonyl (C=O) groups excluding carboxylic acids is 2. The first-order valence-corrected chi connectivity index (χ1v) is 8.85. The summed E-state index contributed by atoms with van der Waals surface area (Å²) < 4.78 is 0. The topological polar surface area (TPSA) is 74.3 Å². The summed E-state index contributed by atoms with van der Waals surface area (Å²) in [6, 6.07) is 9.46. The monoisotopic (exact) mass is 340 g/mol. The second kappa shape index (κ2) is 8.07. The molecular weight excluding hydrogens is 316 g/mol. The molecular formula is C19H24N4O2. The molecule has 2 N–H and O–H groups in total. The van der Waals surface area contributed by atoms with Crippen molar-refractivity contribution in [1.29, 1.82) is 0 Å². The van der Waals surface area contributed by atoms with Gasteiger partial charge < -0.3 is 10.6 Å². The number of fused-ring (bicyclic) bond motifs is 1. The summed E-state index contributed by atoms with van der Waals surface area (Å²) >= 11 is 0. The molecule has 0 radical (unpaired) electrons. The van der Waals surface area contributed by atoms with Crippen molar-refractivity contribution in [2.45, 2.75) is 32.2 Å². The Bertz CT molecular complexity index is 762. The molecule has 2 heterocycles. The van der Waals surface area contributed by atoms with E-state index < -0.39 is 11.8 Å². The highest BCUT2D eigenvalue weighted by Crippen LogP contribution is 2.17. The lowest BCUT2D eigenvalue weighted by atomic mass is 10.0. The standard InChI is InChI=1S/C19H24N4O2/c1-2-23-11-4-3-7-16(23)13-21-18(24)19(25)22-15-8-9-17-14(12-15)6-5-10-20-17/h5-6,8-10,12,16H,2-4,7,11,13H2,1H3,(H,21,24)(H,22,25)/t16-/m0/s1. The first-order chi connectivity index (χ1) is 12.2. The molecule has 6 nitrogen and oxygen atoms in total. The number of carbonyl (C=O) groups is 2. The van der Waals surface area contributed by atoms with Gasteiger partial charge in [-0.3, -0.25) is 19.5 Å². The SMILES string of the molecule is CCN1CCCC[C@H]1CNC(=O)C(=O)Nc1ccc2ncccc2c1. The zero-order valence-corrected chi connectivity index (χ0v) is 14.5. The second-order valence-corrected chi connectivity index (χ2v) is 6.35. The third-order valence-corrected chi connectivity index (χ3v) is 4.72. The summed E-state index contributed by atoms with van der Waals surface area (Å²) in [5, 5.41) is 6.34. The minimum absolute atomic E-state index is 0.322. The number of anilines is 1. The summed E-state index contributed by atoms with van der Waals surface area (Å²) in [5.74, 6) is -1.23. The Balaban J connectivity index is 1.55. The normalized spacial score (nSPS) is 18.0. The molecule has 1 aromatic carbocycles. The van der Waals surface area contributed by atoms with Crippen LogP contribution in [0.1, 0.15) is 26.2 Å². The zero-order valence-electron chi connectivity index (χ0n) is 14.5. The van der Waals surface area contributed by atoms with Gasteiger partial charge >= 0.3 is 11.8 Å². The molecule has 1 aliphatic heterocycles. The van der Waals surface area contributed by atoms with Gasteiger partial charge in [0.05, 0.1) is 5.52 Å². The number of pyridine rings is 1. The first-order valence-electron chi connectivity index (χ1n) is 8.85. The molecule has 25 heavy (non-hydrogen) atoms. The third-order valence-electron chi connectivity index (χ3n) is 4.72. The number of benzene rings is 1. The maximum absolute atomic E-state index is 12.1. The van der Waals surface area contributed by atoms with E-state index >= 15 is 0 Å². The smallest absolute Gasteiger partial charge is 0.313 e. The maximum atomic E-state index is 12.1. The van der Waals surface area contributed by atoms with Crippen LogP contribution in [-0.4, -0.2) is 47.4 Å². The Morgan fingerprint density at radius 3 is 2.96 bits per heavy atom. The van der Waals surface area contributed by atoms with E-state index in [0.29, 0.717) is 18.3 Å². The summed E-state index contributed by atoms with van der Waals surface area (Å²) in [6.07, 6.45) is 5.16. The Hall–Kier alpha value is -2.47. The molecule has 132 valence electrons. The Kier molecular flexibility index (Phi) is 5.60. The van der Waals surface area contributed by atoms with Gasteiger partial charge in [-0.2, -0.15) is 0 Å². The molecule has 1 saturated heterocycles. The molecule has 1 fully saturated rings. The van der Waals surface area contributed by atoms with E-state index in [0.717, 1.165) is 30.4 Å². The van der Waals surface area contributed by atoms with Crippen LogP contribution in [0.5, 0.6) is 0 Å². The van der Waals surface area contributed by atoms with Crippen LogP contribution in [0.4, 0.5) is 5.69 Å². The summed E-state index contributed by atoms with van der Waals surface area (Å²) in [6.45, 7) is 4.68. The van der Waals surface area contributed by atoms with Crippen molar-refractivity contribution in [1.82, 2.24) is 15.2 Å². The Morgan fingerprint density at radius 1 is 1.24 bits per heavy atom. The largest absolute Gasteiger partial charge is 0.346 e. The van der Waals surface area contributed by atoms with Gasteiger partial charge in [0, 0.05) is 29.9 Å². The van der Waals surface area contributed by atoms with Crippen LogP contribution < -0.4 is 10.6 Å². The molecule has 1 aliphatic rings. The minimum Gasteiger partial charge on any atom is -0.346 e. The third kappa shape index (κ3) is 4.33. The molecule has 2 aromatic rings. The molecule has 0 spiro atoms. The summed E-state index contributed by atoms with van der Waals surface area (Å²) in [5.41, 5.74) is 1.44. The van der Waals surface area contributed by atoms with E-state index in [4.69, 9.17) is 0 Å². The molecule has 0 aliphatic carbocycles. The fourth-order valence-electron chi connectivity index (χ4n) is 3.34. The van der Waals surface area contributed by atoms with Crippen LogP contribution in [0.2, 0.25) is 0 Å². The van der Waals surface area contributed by atoms with Crippen molar-refractivity contribution < 1.29 is 9.59 Å². The highest BCUT2D eigenvalue weighted by molar-refractivity contribution is 6.39. The number of piperidine rings is 1. The number of aromatic nitrogens is 1. The van der Waals surface area contributed by atoms with Gasteiger partial charge in [0.1, 0.15) is 0 Å². The fourth-order valence-corrected chi connectivity index (χ4v) is 3.34. The van der Waals surface area contributed by atoms with E-state index in [-0.39, 0.29) is 0 Å². The van der Waals surface area contributed by atoms with Gasteiger partial charge in [0.25, 0.3) is 0 Å². The lowest BCUT2D eigenvalue weighted by Gasteiger charge is -2.34. The van der Waals surface area contributed by atoms with E-state index in [2.05, 4.69) is 27.4 Å². The van der Waals surface area contributed by atoms with Crippen molar-refractivity contribution >= 4 is 28.4 Å². The van der Waals surface area contributed by atoms with Gasteiger partial charge in [0.15, 0.2) is 0 Å². The number of nitrogens with one attached hydrogen (secondary N) is 2. The lowest BCUT2D eigenvalue weighted by Crippen LogP contribution is -2.48. The molecule has 1 aromatic heterocycles. The molecule has 1 atom stereocenters. The van der Waals surface area contributed by atoms with E-state index in [1.165, 1.54) is 12.8 Å². The minimum atomic E-state index is -0.637. The van der Waals surface area contributed by atoms with Crippen LogP contribution in [0, 0.1) is 0 Å². The van der Waals surface area contributed by atoms with Gasteiger partial charge in [-0.1, -0.05) is 19.4 Å². The first kappa shape index (κ1) is 17.4. The molecule has 3 rings (SSSR count). The molecule has 6 heteroatoms. The Morgan fingerprint density at radius 2 is 2.12 bits per heavy atom. The predicted octanol–water partition coefficient (Wildman–Crippen LogP) is 2.16. The zero-order chi connectivity index (χ0) is 17.6. The van der Waals surface area contributed by atoms with Crippen molar-refractivity contribution in [3.05, 3.63) is 36.5 Å². The van der Waals surface area contributed by atoms with Crippen LogP contribution in [0.15, 0.2) is 36.5 Å². The van der Waals surface area contributed by atoms with Crippen molar-refractivity contribution in [3.8, 4) is 0 Å². The summed E-state index contributed by atoms with van der Waals surface area (Å²) in [7, 11) is 0. The van der Waals surface area contributed by atoms with E-state index in [1.54, 1.807) is 12.3 Å². The highest BCUT2D eigenvalue weighted by Gasteiger charge is 2.22. The van der Waals surface area contributed by atoms with Gasteiger partial charge in [-0.25, -0.2) is 0 Å². The van der Waals surface area contributed by atoms with Crippen molar-refractivity contribution in [2.75, 3.05) is 25.0 Å². The molecule has 0 bridgehead atoms. The van der Waals surface area contributed by atoms with Crippen LogP contribution >= 0.6 is 0 Å².